The molecule has 0 saturated carbocycles. The van der Waals surface area contributed by atoms with Crippen molar-refractivity contribution in [3.63, 3.8) is 0 Å². The molecule has 0 fully saturated rings. The Morgan fingerprint density at radius 2 is 0.667 bits per heavy atom. The molecule has 0 aliphatic rings. The van der Waals surface area contributed by atoms with Crippen LogP contribution in [0.15, 0.2) is 121 Å². The van der Waals surface area contributed by atoms with Crippen molar-refractivity contribution in [1.82, 2.24) is 0 Å². The van der Waals surface area contributed by atoms with Crippen LogP contribution in [0.3, 0.4) is 0 Å². The third kappa shape index (κ3) is 5.48. The van der Waals surface area contributed by atoms with Crippen LogP contribution in [0.4, 0.5) is 0 Å². The molecule has 0 heterocycles. The molecule has 0 N–H and O–H groups in total. The Kier molecular flexibility index (Phi) is 7.12. The van der Waals surface area contributed by atoms with Gasteiger partial charge >= 0.3 is 0 Å². The molecule has 0 aliphatic carbocycles. The van der Waals surface area contributed by atoms with Crippen molar-refractivity contribution >= 4 is 0 Å². The summed E-state index contributed by atoms with van der Waals surface area (Å²) >= 11 is 0. The van der Waals surface area contributed by atoms with E-state index in [1.54, 1.807) is 0 Å². The van der Waals surface area contributed by atoms with Crippen molar-refractivity contribution in [2.75, 3.05) is 0 Å². The fraction of sp³-hybridized carbons (Fsp3) is 0.200. The van der Waals surface area contributed by atoms with Gasteiger partial charge in [0, 0.05) is 0 Å². The van der Waals surface area contributed by atoms with Gasteiger partial charge in [-0.3, -0.25) is 0 Å². The lowest BCUT2D eigenvalue weighted by Crippen LogP contribution is -2.14. The third-order valence-corrected chi connectivity index (χ3v) is 6.11. The minimum atomic E-state index is 0.498. The molecule has 2 atom stereocenters. The highest BCUT2D eigenvalue weighted by molar-refractivity contribution is 5.30. The standard InChI is InChI=1S/C30H30/c1-5-13-25(14-6-1)21-23-29(27-17-9-3-10-18-27)30(28-19-11-4-12-20-28)24-22-26-15-7-2-8-16-26/h1-20,29-30H,21-24H2. The van der Waals surface area contributed by atoms with E-state index >= 15 is 0 Å². The van der Waals surface area contributed by atoms with E-state index in [0.29, 0.717) is 11.8 Å². The first-order valence-electron chi connectivity index (χ1n) is 11.1. The normalized spacial score (nSPS) is 12.9. The van der Waals surface area contributed by atoms with E-state index in [9.17, 15) is 0 Å². The highest BCUT2D eigenvalue weighted by Crippen LogP contribution is 2.39. The summed E-state index contributed by atoms with van der Waals surface area (Å²) in [5.74, 6) is 0.995. The van der Waals surface area contributed by atoms with E-state index in [0.717, 1.165) is 25.7 Å². The molecule has 0 bridgehead atoms. The van der Waals surface area contributed by atoms with E-state index in [1.165, 1.54) is 22.3 Å². The van der Waals surface area contributed by atoms with Gasteiger partial charge in [0.2, 0.25) is 0 Å². The first-order valence-corrected chi connectivity index (χ1v) is 11.1. The quantitative estimate of drug-likeness (QED) is 0.273. The van der Waals surface area contributed by atoms with Crippen LogP contribution < -0.4 is 0 Å². The van der Waals surface area contributed by atoms with Crippen LogP contribution in [0.5, 0.6) is 0 Å². The van der Waals surface area contributed by atoms with E-state index in [-0.39, 0.29) is 0 Å². The Bertz CT molecular complexity index is 890. The summed E-state index contributed by atoms with van der Waals surface area (Å²) in [6.07, 6.45) is 4.52. The van der Waals surface area contributed by atoms with Gasteiger partial charge in [-0.25, -0.2) is 0 Å². The Labute approximate surface area is 181 Å². The molecule has 0 radical (unpaired) electrons. The minimum Gasteiger partial charge on any atom is -0.0622 e. The van der Waals surface area contributed by atoms with Gasteiger partial charge in [-0.2, -0.15) is 0 Å². The first kappa shape index (κ1) is 20.2. The second-order valence-electron chi connectivity index (χ2n) is 8.08. The van der Waals surface area contributed by atoms with Gasteiger partial charge in [0.1, 0.15) is 0 Å². The second kappa shape index (κ2) is 10.6. The zero-order chi connectivity index (χ0) is 20.4. The summed E-state index contributed by atoms with van der Waals surface area (Å²) in [5.41, 5.74) is 5.76. The van der Waals surface area contributed by atoms with E-state index in [4.69, 9.17) is 0 Å². The molecule has 4 aromatic rings. The molecule has 4 rings (SSSR count). The summed E-state index contributed by atoms with van der Waals surface area (Å²) in [6.45, 7) is 0. The van der Waals surface area contributed by atoms with Gasteiger partial charge in [0.15, 0.2) is 0 Å². The summed E-state index contributed by atoms with van der Waals surface area (Å²) < 4.78 is 0. The lowest BCUT2D eigenvalue weighted by Gasteiger charge is -2.29. The Morgan fingerprint density at radius 1 is 0.367 bits per heavy atom. The summed E-state index contributed by atoms with van der Waals surface area (Å²) in [7, 11) is 0. The van der Waals surface area contributed by atoms with Crippen LogP contribution in [-0.4, -0.2) is 0 Å². The Hall–Kier alpha value is -3.12. The average Bonchev–Trinajstić information content (AvgIpc) is 2.83. The number of hydrogen-bond donors (Lipinski definition) is 0. The number of rotatable bonds is 9. The van der Waals surface area contributed by atoms with Gasteiger partial charge in [-0.1, -0.05) is 121 Å². The van der Waals surface area contributed by atoms with Crippen molar-refractivity contribution in [2.45, 2.75) is 37.5 Å². The van der Waals surface area contributed by atoms with Gasteiger partial charge in [-0.15, -0.1) is 0 Å². The zero-order valence-corrected chi connectivity index (χ0v) is 17.5. The van der Waals surface area contributed by atoms with Crippen molar-refractivity contribution < 1.29 is 0 Å². The van der Waals surface area contributed by atoms with E-state index in [1.807, 2.05) is 0 Å². The van der Waals surface area contributed by atoms with Gasteiger partial charge in [0.05, 0.1) is 0 Å². The summed E-state index contributed by atoms with van der Waals surface area (Å²) in [5, 5.41) is 0. The summed E-state index contributed by atoms with van der Waals surface area (Å²) in [6, 6.07) is 44.1. The molecular formula is C30H30. The fourth-order valence-corrected chi connectivity index (χ4v) is 4.53. The fourth-order valence-electron chi connectivity index (χ4n) is 4.53. The summed E-state index contributed by atoms with van der Waals surface area (Å²) in [4.78, 5) is 0. The van der Waals surface area contributed by atoms with Crippen molar-refractivity contribution in [2.24, 2.45) is 0 Å². The smallest absolute Gasteiger partial charge is 0.00898 e. The van der Waals surface area contributed by atoms with Crippen LogP contribution >= 0.6 is 0 Å². The molecule has 30 heavy (non-hydrogen) atoms. The van der Waals surface area contributed by atoms with E-state index < -0.39 is 0 Å². The van der Waals surface area contributed by atoms with Crippen LogP contribution in [0.2, 0.25) is 0 Å². The molecule has 0 saturated heterocycles. The Morgan fingerprint density at radius 3 is 1.00 bits per heavy atom. The van der Waals surface area contributed by atoms with Crippen molar-refractivity contribution in [3.8, 4) is 0 Å². The molecular weight excluding hydrogens is 360 g/mol. The molecule has 0 heteroatoms. The van der Waals surface area contributed by atoms with Gasteiger partial charge in [-0.05, 0) is 59.8 Å². The van der Waals surface area contributed by atoms with Gasteiger partial charge < -0.3 is 0 Å². The lowest BCUT2D eigenvalue weighted by molar-refractivity contribution is 0.477. The van der Waals surface area contributed by atoms with Crippen molar-refractivity contribution in [1.29, 1.82) is 0 Å². The molecule has 0 aromatic heterocycles. The molecule has 150 valence electrons. The van der Waals surface area contributed by atoms with Crippen LogP contribution in [0.25, 0.3) is 0 Å². The maximum Gasteiger partial charge on any atom is -0.00898 e. The van der Waals surface area contributed by atoms with Crippen LogP contribution in [-0.2, 0) is 12.8 Å². The molecule has 0 spiro atoms. The second-order valence-corrected chi connectivity index (χ2v) is 8.08. The lowest BCUT2D eigenvalue weighted by atomic mass is 9.75. The van der Waals surface area contributed by atoms with Crippen LogP contribution in [0.1, 0.15) is 46.9 Å². The van der Waals surface area contributed by atoms with Crippen molar-refractivity contribution in [3.05, 3.63) is 144 Å². The molecule has 0 nitrogen and oxygen atoms in total. The monoisotopic (exact) mass is 390 g/mol. The SMILES string of the molecule is c1ccc(CCC(c2ccccc2)C(CCc2ccccc2)c2ccccc2)cc1. The maximum absolute atomic E-state index is 2.31. The average molecular weight is 391 g/mol. The predicted molar refractivity (Wildman–Crippen MR) is 128 cm³/mol. The molecule has 2 unspecified atom stereocenters. The third-order valence-electron chi connectivity index (χ3n) is 6.11. The van der Waals surface area contributed by atoms with Gasteiger partial charge in [0.25, 0.3) is 0 Å². The molecule has 0 aliphatic heterocycles. The number of hydrogen-bond acceptors (Lipinski definition) is 0. The number of aryl methyl sites for hydroxylation is 2. The zero-order valence-electron chi connectivity index (χ0n) is 17.5. The minimum absolute atomic E-state index is 0.498. The Balaban J connectivity index is 1.63. The van der Waals surface area contributed by atoms with Crippen LogP contribution in [0, 0.1) is 0 Å². The molecule has 4 aromatic carbocycles. The largest absolute Gasteiger partial charge is 0.0622 e. The topological polar surface area (TPSA) is 0 Å². The highest BCUT2D eigenvalue weighted by Gasteiger charge is 2.24. The first-order chi connectivity index (χ1) is 14.9. The predicted octanol–water partition coefficient (Wildman–Crippen LogP) is 7.82. The molecule has 0 amide bonds. The van der Waals surface area contributed by atoms with E-state index in [2.05, 4.69) is 121 Å². The highest BCUT2D eigenvalue weighted by atomic mass is 14.3. The maximum atomic E-state index is 2.31. The number of benzene rings is 4.